The number of hydrogen-bond donors (Lipinski definition) is 2. The minimum atomic E-state index is -0.482. The lowest BCUT2D eigenvalue weighted by atomic mass is 10.1. The summed E-state index contributed by atoms with van der Waals surface area (Å²) in [5.74, 6) is 1.32. The molecule has 0 saturated heterocycles. The van der Waals surface area contributed by atoms with Gasteiger partial charge >= 0.3 is 6.03 Å². The Labute approximate surface area is 175 Å². The maximum absolute atomic E-state index is 12.5. The lowest BCUT2D eigenvalue weighted by molar-refractivity contribution is 0.235. The fourth-order valence-electron chi connectivity index (χ4n) is 3.14. The summed E-state index contributed by atoms with van der Waals surface area (Å²) in [6.07, 6.45) is 3.66. The molecular formula is C22H26N6O2. The Morgan fingerprint density at radius 1 is 1.23 bits per heavy atom. The van der Waals surface area contributed by atoms with Crippen molar-refractivity contribution >= 4 is 11.7 Å². The number of amides is 2. The number of nitrogens with zero attached hydrogens (tertiary/aromatic N) is 4. The van der Waals surface area contributed by atoms with Gasteiger partial charge in [0.2, 0.25) is 0 Å². The summed E-state index contributed by atoms with van der Waals surface area (Å²) in [4.78, 5) is 12.5. The Bertz CT molecular complexity index is 1030. The third-order valence-electron chi connectivity index (χ3n) is 4.68. The quantitative estimate of drug-likeness (QED) is 0.563. The van der Waals surface area contributed by atoms with Gasteiger partial charge in [-0.25, -0.2) is 4.79 Å². The molecule has 2 unspecified atom stereocenters. The second kappa shape index (κ2) is 10.3. The number of fused-ring (bicyclic) bond motifs is 1. The molecule has 8 nitrogen and oxygen atoms in total. The molecule has 2 atom stereocenters. The number of pyridine rings is 1. The Balaban J connectivity index is 1.62. The highest BCUT2D eigenvalue weighted by molar-refractivity contribution is 5.74. The van der Waals surface area contributed by atoms with E-state index >= 15 is 0 Å². The van der Waals surface area contributed by atoms with E-state index in [9.17, 15) is 4.79 Å². The van der Waals surface area contributed by atoms with Gasteiger partial charge in [-0.2, -0.15) is 5.26 Å². The van der Waals surface area contributed by atoms with Gasteiger partial charge < -0.3 is 15.4 Å². The predicted octanol–water partition coefficient (Wildman–Crippen LogP) is 3.75. The zero-order valence-electron chi connectivity index (χ0n) is 17.2. The molecule has 3 aromatic rings. The smallest absolute Gasteiger partial charge is 0.315 e. The van der Waals surface area contributed by atoms with Gasteiger partial charge in [-0.15, -0.1) is 10.2 Å². The van der Waals surface area contributed by atoms with Crippen molar-refractivity contribution in [1.29, 1.82) is 5.26 Å². The lowest BCUT2D eigenvalue weighted by Crippen LogP contribution is -2.38. The molecule has 156 valence electrons. The first-order valence-electron chi connectivity index (χ1n) is 10.1. The van der Waals surface area contributed by atoms with Gasteiger partial charge in [-0.05, 0) is 42.7 Å². The highest BCUT2D eigenvalue weighted by Crippen LogP contribution is 2.18. The zero-order valence-corrected chi connectivity index (χ0v) is 17.2. The third kappa shape index (κ3) is 5.26. The SMILES string of the molecule is CCCC(NC(=O)NCc1cccc(OC(C#N)CC)c1)c1nnc2ccccn12. The average Bonchev–Trinajstić information content (AvgIpc) is 3.20. The minimum absolute atomic E-state index is 0.247. The molecule has 8 heteroatoms. The first-order valence-corrected chi connectivity index (χ1v) is 10.1. The van der Waals surface area contributed by atoms with E-state index in [1.165, 1.54) is 0 Å². The molecule has 1 aromatic carbocycles. The summed E-state index contributed by atoms with van der Waals surface area (Å²) in [6, 6.07) is 14.7. The van der Waals surface area contributed by atoms with Crippen LogP contribution in [0.2, 0.25) is 0 Å². The molecule has 2 aromatic heterocycles. The van der Waals surface area contributed by atoms with Crippen LogP contribution in [0.3, 0.4) is 0 Å². The lowest BCUT2D eigenvalue weighted by Gasteiger charge is -2.17. The van der Waals surface area contributed by atoms with Crippen LogP contribution < -0.4 is 15.4 Å². The fraction of sp³-hybridized carbons (Fsp3) is 0.364. The van der Waals surface area contributed by atoms with Crippen molar-refractivity contribution in [2.45, 2.75) is 51.8 Å². The van der Waals surface area contributed by atoms with Gasteiger partial charge in [0, 0.05) is 12.7 Å². The largest absolute Gasteiger partial charge is 0.476 e. The Morgan fingerprint density at radius 2 is 2.10 bits per heavy atom. The Kier molecular flexibility index (Phi) is 7.22. The highest BCUT2D eigenvalue weighted by atomic mass is 16.5. The molecule has 30 heavy (non-hydrogen) atoms. The van der Waals surface area contributed by atoms with Crippen LogP contribution in [0, 0.1) is 11.3 Å². The third-order valence-corrected chi connectivity index (χ3v) is 4.68. The molecule has 0 saturated carbocycles. The first kappa shape index (κ1) is 21.1. The van der Waals surface area contributed by atoms with E-state index < -0.39 is 6.10 Å². The maximum atomic E-state index is 12.5. The number of rotatable bonds is 9. The van der Waals surface area contributed by atoms with E-state index in [0.29, 0.717) is 24.5 Å². The van der Waals surface area contributed by atoms with Crippen LogP contribution in [0.4, 0.5) is 4.79 Å². The van der Waals surface area contributed by atoms with Crippen LogP contribution in [-0.2, 0) is 6.54 Å². The number of nitriles is 1. The molecule has 2 amide bonds. The molecule has 0 aliphatic heterocycles. The summed E-state index contributed by atoms with van der Waals surface area (Å²) in [6.45, 7) is 4.30. The number of urea groups is 1. The van der Waals surface area contributed by atoms with Crippen LogP contribution >= 0.6 is 0 Å². The molecule has 0 bridgehead atoms. The van der Waals surface area contributed by atoms with E-state index in [1.54, 1.807) is 6.07 Å². The molecule has 0 fully saturated rings. The zero-order chi connectivity index (χ0) is 21.3. The van der Waals surface area contributed by atoms with Gasteiger partial charge in [0.05, 0.1) is 6.04 Å². The summed E-state index contributed by atoms with van der Waals surface area (Å²) < 4.78 is 7.53. The van der Waals surface area contributed by atoms with E-state index in [4.69, 9.17) is 10.00 Å². The number of ether oxygens (including phenoxy) is 1. The van der Waals surface area contributed by atoms with Crippen LogP contribution in [0.15, 0.2) is 48.7 Å². The van der Waals surface area contributed by atoms with Gasteiger partial charge in [0.25, 0.3) is 0 Å². The van der Waals surface area contributed by atoms with Gasteiger partial charge in [-0.3, -0.25) is 4.40 Å². The van der Waals surface area contributed by atoms with Crippen LogP contribution in [-0.4, -0.2) is 26.7 Å². The number of hydrogen-bond acceptors (Lipinski definition) is 5. The second-order valence-electron chi connectivity index (χ2n) is 6.95. The molecule has 0 aliphatic rings. The molecular weight excluding hydrogens is 380 g/mol. The van der Waals surface area contributed by atoms with E-state index in [0.717, 1.165) is 24.1 Å². The second-order valence-corrected chi connectivity index (χ2v) is 6.95. The van der Waals surface area contributed by atoms with E-state index in [-0.39, 0.29) is 12.1 Å². The van der Waals surface area contributed by atoms with Crippen molar-refractivity contribution in [3.05, 3.63) is 60.0 Å². The molecule has 2 N–H and O–H groups in total. The monoisotopic (exact) mass is 406 g/mol. The molecule has 0 spiro atoms. The number of benzene rings is 1. The van der Waals surface area contributed by atoms with Gasteiger partial charge in [0.1, 0.15) is 11.8 Å². The topological polar surface area (TPSA) is 104 Å². The van der Waals surface area contributed by atoms with Gasteiger partial charge in [-0.1, -0.05) is 38.5 Å². The van der Waals surface area contributed by atoms with Crippen molar-refractivity contribution in [2.24, 2.45) is 0 Å². The summed E-state index contributed by atoms with van der Waals surface area (Å²) in [5.41, 5.74) is 1.63. The number of aromatic nitrogens is 3. The van der Waals surface area contributed by atoms with Crippen molar-refractivity contribution in [2.75, 3.05) is 0 Å². The standard InChI is InChI=1S/C22H26N6O2/c1-3-8-19(21-27-26-20-11-5-6-12-28(20)21)25-22(29)24-15-16-9-7-10-18(13-16)30-17(4-2)14-23/h5-7,9-13,17,19H,3-4,8,15H2,1-2H3,(H2,24,25,29). The molecule has 3 rings (SSSR count). The minimum Gasteiger partial charge on any atom is -0.476 e. The van der Waals surface area contributed by atoms with Crippen LogP contribution in [0.25, 0.3) is 5.65 Å². The summed E-state index contributed by atoms with van der Waals surface area (Å²) in [5, 5.41) is 23.4. The predicted molar refractivity (Wildman–Crippen MR) is 113 cm³/mol. The summed E-state index contributed by atoms with van der Waals surface area (Å²) >= 11 is 0. The number of nitrogens with one attached hydrogen (secondary N) is 2. The number of carbonyl (C=O) groups is 1. The molecule has 0 radical (unpaired) electrons. The normalized spacial score (nSPS) is 12.7. The van der Waals surface area contributed by atoms with Crippen molar-refractivity contribution in [3.63, 3.8) is 0 Å². The van der Waals surface area contributed by atoms with Crippen LogP contribution in [0.1, 0.15) is 50.5 Å². The molecule has 0 aliphatic carbocycles. The van der Waals surface area contributed by atoms with Crippen LogP contribution in [0.5, 0.6) is 5.75 Å². The van der Waals surface area contributed by atoms with Crippen molar-refractivity contribution in [3.8, 4) is 11.8 Å². The Morgan fingerprint density at radius 3 is 2.87 bits per heavy atom. The Hall–Kier alpha value is -3.60. The van der Waals surface area contributed by atoms with Gasteiger partial charge in [0.15, 0.2) is 17.6 Å². The van der Waals surface area contributed by atoms with E-state index in [1.807, 2.05) is 53.9 Å². The number of carbonyl (C=O) groups excluding carboxylic acids is 1. The van der Waals surface area contributed by atoms with Crippen molar-refractivity contribution in [1.82, 2.24) is 25.2 Å². The molecule has 2 heterocycles. The summed E-state index contributed by atoms with van der Waals surface area (Å²) in [7, 11) is 0. The average molecular weight is 406 g/mol. The highest BCUT2D eigenvalue weighted by Gasteiger charge is 2.19. The fourth-order valence-corrected chi connectivity index (χ4v) is 3.14. The first-order chi connectivity index (χ1) is 14.6. The maximum Gasteiger partial charge on any atom is 0.315 e. The van der Waals surface area contributed by atoms with Crippen molar-refractivity contribution < 1.29 is 9.53 Å². The van der Waals surface area contributed by atoms with E-state index in [2.05, 4.69) is 33.8 Å².